The van der Waals surface area contributed by atoms with Gasteiger partial charge in [0.05, 0.1) is 25.7 Å². The molecule has 0 spiro atoms. The summed E-state index contributed by atoms with van der Waals surface area (Å²) < 4.78 is 12.2. The number of methoxy groups -OCH3 is 1. The van der Waals surface area contributed by atoms with Crippen molar-refractivity contribution in [2.45, 2.75) is 26.3 Å². The maximum Gasteiger partial charge on any atom is 0.305 e. The Bertz CT molecular complexity index is 1100. The molecule has 164 valence electrons. The molecule has 0 bridgehead atoms. The molecule has 31 heavy (non-hydrogen) atoms. The number of nitrogens with zero attached hydrogens (tertiary/aromatic N) is 4. The summed E-state index contributed by atoms with van der Waals surface area (Å²) in [4.78, 5) is 36.8. The summed E-state index contributed by atoms with van der Waals surface area (Å²) in [5.41, 5.74) is 2.17. The quantitative estimate of drug-likeness (QED) is 0.442. The molecule has 0 unspecified atom stereocenters. The monoisotopic (exact) mass is 427 g/mol. The summed E-state index contributed by atoms with van der Waals surface area (Å²) in [6.07, 6.45) is 4.08. The lowest BCUT2D eigenvalue weighted by Crippen LogP contribution is -2.28. The minimum Gasteiger partial charge on any atom is -0.481 e. The van der Waals surface area contributed by atoms with Gasteiger partial charge in [-0.3, -0.25) is 14.2 Å². The molecular formula is C21H25N5O5. The molecule has 0 aliphatic rings. The van der Waals surface area contributed by atoms with Gasteiger partial charge in [0.2, 0.25) is 5.88 Å². The number of aliphatic carboxylic acids is 1. The molecule has 3 aromatic rings. The van der Waals surface area contributed by atoms with E-state index in [9.17, 15) is 9.59 Å². The van der Waals surface area contributed by atoms with Crippen molar-refractivity contribution < 1.29 is 19.4 Å². The van der Waals surface area contributed by atoms with Crippen LogP contribution in [0.15, 0.2) is 35.4 Å². The van der Waals surface area contributed by atoms with Crippen molar-refractivity contribution in [1.29, 1.82) is 0 Å². The van der Waals surface area contributed by atoms with Crippen molar-refractivity contribution in [3.8, 4) is 17.0 Å². The minimum absolute atomic E-state index is 0.0654. The van der Waals surface area contributed by atoms with Gasteiger partial charge in [0, 0.05) is 49.3 Å². The van der Waals surface area contributed by atoms with Crippen molar-refractivity contribution in [2.75, 3.05) is 32.2 Å². The Labute approximate surface area is 178 Å². The highest BCUT2D eigenvalue weighted by Crippen LogP contribution is 2.23. The predicted molar refractivity (Wildman–Crippen MR) is 115 cm³/mol. The van der Waals surface area contributed by atoms with Gasteiger partial charge in [-0.2, -0.15) is 0 Å². The van der Waals surface area contributed by atoms with E-state index >= 15 is 0 Å². The molecule has 0 atom stereocenters. The van der Waals surface area contributed by atoms with Crippen LogP contribution in [0.4, 0.5) is 5.82 Å². The van der Waals surface area contributed by atoms with E-state index in [1.165, 1.54) is 0 Å². The van der Waals surface area contributed by atoms with Crippen LogP contribution in [0.2, 0.25) is 0 Å². The number of anilines is 1. The molecule has 3 rings (SSSR count). The molecule has 3 heterocycles. The molecule has 0 aliphatic heterocycles. The molecule has 3 aromatic heterocycles. The summed E-state index contributed by atoms with van der Waals surface area (Å²) >= 11 is 0. The largest absolute Gasteiger partial charge is 0.481 e. The number of rotatable bonds is 11. The Hall–Kier alpha value is -3.53. The molecule has 10 heteroatoms. The number of fused-ring (bicyclic) bond motifs is 1. The molecule has 0 radical (unpaired) electrons. The summed E-state index contributed by atoms with van der Waals surface area (Å²) in [6, 6.07) is 5.44. The highest BCUT2D eigenvalue weighted by molar-refractivity contribution is 5.79. The van der Waals surface area contributed by atoms with Crippen molar-refractivity contribution in [1.82, 2.24) is 19.5 Å². The van der Waals surface area contributed by atoms with Gasteiger partial charge in [0.15, 0.2) is 11.5 Å². The van der Waals surface area contributed by atoms with Gasteiger partial charge in [-0.15, -0.1) is 0 Å². The van der Waals surface area contributed by atoms with Gasteiger partial charge >= 0.3 is 5.97 Å². The molecule has 0 aliphatic carbocycles. The fraction of sp³-hybridized carbons (Fsp3) is 0.381. The number of ether oxygens (including phenoxy) is 2. The van der Waals surface area contributed by atoms with Gasteiger partial charge in [0.25, 0.3) is 5.56 Å². The lowest BCUT2D eigenvalue weighted by atomic mass is 10.1. The zero-order valence-electron chi connectivity index (χ0n) is 17.5. The first-order valence-corrected chi connectivity index (χ1v) is 9.98. The van der Waals surface area contributed by atoms with E-state index in [1.807, 2.05) is 19.1 Å². The van der Waals surface area contributed by atoms with E-state index in [-0.39, 0.29) is 24.3 Å². The van der Waals surface area contributed by atoms with Crippen LogP contribution in [0.25, 0.3) is 22.3 Å². The maximum atomic E-state index is 13.0. The second-order valence-corrected chi connectivity index (χ2v) is 6.76. The lowest BCUT2D eigenvalue weighted by Gasteiger charge is -2.14. The zero-order chi connectivity index (χ0) is 22.2. The smallest absolute Gasteiger partial charge is 0.305 e. The first kappa shape index (κ1) is 22.2. The Morgan fingerprint density at radius 1 is 1.19 bits per heavy atom. The normalized spacial score (nSPS) is 10.9. The van der Waals surface area contributed by atoms with Crippen molar-refractivity contribution >= 4 is 23.0 Å². The summed E-state index contributed by atoms with van der Waals surface area (Å²) in [6.45, 7) is 3.37. The third-order valence-corrected chi connectivity index (χ3v) is 4.52. The topological polar surface area (TPSA) is 128 Å². The highest BCUT2D eigenvalue weighted by atomic mass is 16.5. The van der Waals surface area contributed by atoms with Gasteiger partial charge in [-0.25, -0.2) is 15.0 Å². The average Bonchev–Trinajstić information content (AvgIpc) is 2.78. The van der Waals surface area contributed by atoms with Gasteiger partial charge in [-0.1, -0.05) is 6.92 Å². The van der Waals surface area contributed by atoms with Crippen molar-refractivity contribution in [3.05, 3.63) is 40.9 Å². The molecule has 10 nitrogen and oxygen atoms in total. The Morgan fingerprint density at radius 3 is 2.68 bits per heavy atom. The van der Waals surface area contributed by atoms with Crippen LogP contribution >= 0.6 is 0 Å². The maximum absolute atomic E-state index is 13.0. The van der Waals surface area contributed by atoms with Gasteiger partial charge in [-0.05, 0) is 18.6 Å². The SMILES string of the molecule is CCCOCCn1c(=O)c(NCCC(=O)O)nc2ncc(-c3ccc(OC)nc3)cc21. The number of hydrogen-bond donors (Lipinski definition) is 2. The first-order valence-electron chi connectivity index (χ1n) is 9.98. The number of carboxylic acid groups (broad SMARTS) is 1. The highest BCUT2D eigenvalue weighted by Gasteiger charge is 2.14. The van der Waals surface area contributed by atoms with Crippen molar-refractivity contribution in [3.63, 3.8) is 0 Å². The first-order chi connectivity index (χ1) is 15.0. The van der Waals surface area contributed by atoms with Crippen molar-refractivity contribution in [2.24, 2.45) is 0 Å². The average molecular weight is 427 g/mol. The van der Waals surface area contributed by atoms with Crippen LogP contribution in [-0.4, -0.2) is 57.5 Å². The fourth-order valence-corrected chi connectivity index (χ4v) is 2.98. The van der Waals surface area contributed by atoms with E-state index in [4.69, 9.17) is 14.6 Å². The van der Waals surface area contributed by atoms with E-state index in [0.717, 1.165) is 17.5 Å². The molecule has 0 aromatic carbocycles. The molecule has 0 fully saturated rings. The van der Waals surface area contributed by atoms with E-state index < -0.39 is 5.97 Å². The third kappa shape index (κ3) is 5.54. The Kier molecular flexibility index (Phi) is 7.50. The van der Waals surface area contributed by atoms with Gasteiger partial charge in [0.1, 0.15) is 0 Å². The molecule has 0 amide bonds. The second kappa shape index (κ2) is 10.5. The van der Waals surface area contributed by atoms with E-state index in [0.29, 0.717) is 36.8 Å². The summed E-state index contributed by atoms with van der Waals surface area (Å²) in [5.74, 6) is -0.394. The number of hydrogen-bond acceptors (Lipinski definition) is 8. The van der Waals surface area contributed by atoms with Gasteiger partial charge < -0.3 is 19.9 Å². The number of aromatic nitrogens is 4. The molecule has 0 saturated heterocycles. The van der Waals surface area contributed by atoms with Crippen LogP contribution in [0.5, 0.6) is 5.88 Å². The third-order valence-electron chi connectivity index (χ3n) is 4.52. The lowest BCUT2D eigenvalue weighted by molar-refractivity contribution is -0.136. The number of carbonyl (C=O) groups is 1. The molecule has 0 saturated carbocycles. The second-order valence-electron chi connectivity index (χ2n) is 6.76. The fourth-order valence-electron chi connectivity index (χ4n) is 2.98. The van der Waals surface area contributed by atoms with Crippen LogP contribution in [0.1, 0.15) is 19.8 Å². The molecule has 2 N–H and O–H groups in total. The van der Waals surface area contributed by atoms with E-state index in [2.05, 4.69) is 20.3 Å². The molecular weight excluding hydrogens is 402 g/mol. The van der Waals surface area contributed by atoms with E-state index in [1.54, 1.807) is 30.1 Å². The predicted octanol–water partition coefficient (Wildman–Crippen LogP) is 2.18. The van der Waals surface area contributed by atoms with Crippen LogP contribution in [0, 0.1) is 0 Å². The number of pyridine rings is 2. The van der Waals surface area contributed by atoms with Crippen LogP contribution < -0.4 is 15.6 Å². The summed E-state index contributed by atoms with van der Waals surface area (Å²) in [7, 11) is 1.55. The summed E-state index contributed by atoms with van der Waals surface area (Å²) in [5, 5.41) is 11.6. The number of nitrogens with one attached hydrogen (secondary N) is 1. The number of carboxylic acids is 1. The Balaban J connectivity index is 2.00. The minimum atomic E-state index is -0.961. The Morgan fingerprint density at radius 2 is 2.00 bits per heavy atom. The standard InChI is InChI=1S/C21H25N5O5/c1-3-9-31-10-8-26-16-11-15(14-4-5-17(30-2)23-12-14)13-24-19(16)25-20(21(26)29)22-7-6-18(27)28/h4-5,11-13H,3,6-10H2,1-2H3,(H,27,28)(H,22,24,25). The van der Waals surface area contributed by atoms with Crippen LogP contribution in [-0.2, 0) is 16.1 Å². The van der Waals surface area contributed by atoms with Crippen LogP contribution in [0.3, 0.4) is 0 Å². The zero-order valence-corrected chi connectivity index (χ0v) is 17.5.